The largest absolute Gasteiger partial charge is 0.342 e. The summed E-state index contributed by atoms with van der Waals surface area (Å²) < 4.78 is 0. The van der Waals surface area contributed by atoms with Gasteiger partial charge in [0.15, 0.2) is 5.11 Å². The molecule has 2 nitrogen and oxygen atoms in total. The molecule has 0 unspecified atom stereocenters. The van der Waals surface area contributed by atoms with E-state index in [1.165, 1.54) is 29.5 Å². The molecule has 0 aliphatic heterocycles. The van der Waals surface area contributed by atoms with E-state index in [-0.39, 0.29) is 0 Å². The van der Waals surface area contributed by atoms with Gasteiger partial charge < -0.3 is 10.2 Å². The second kappa shape index (κ2) is 7.35. The number of anilines is 1. The van der Waals surface area contributed by atoms with E-state index >= 15 is 0 Å². The Bertz CT molecular complexity index is 687. The Morgan fingerprint density at radius 1 is 1.12 bits per heavy atom. The molecule has 1 N–H and O–H groups in total. The van der Waals surface area contributed by atoms with Crippen molar-refractivity contribution in [2.24, 2.45) is 5.92 Å². The van der Waals surface area contributed by atoms with Gasteiger partial charge in [-0.25, -0.2) is 0 Å². The molecule has 0 spiro atoms. The van der Waals surface area contributed by atoms with Gasteiger partial charge in [0.1, 0.15) is 0 Å². The normalized spacial score (nSPS) is 15.0. The topological polar surface area (TPSA) is 15.3 Å². The summed E-state index contributed by atoms with van der Waals surface area (Å²) in [7, 11) is 0. The summed E-state index contributed by atoms with van der Waals surface area (Å²) in [6, 6.07) is 17.6. The van der Waals surface area contributed by atoms with Crippen molar-refractivity contribution in [3.8, 4) is 0 Å². The van der Waals surface area contributed by atoms with E-state index < -0.39 is 0 Å². The first-order valence-corrected chi connectivity index (χ1v) is 9.13. The average Bonchev–Trinajstić information content (AvgIpc) is 3.36. The lowest BCUT2D eigenvalue weighted by Gasteiger charge is -2.32. The van der Waals surface area contributed by atoms with Gasteiger partial charge in [-0.1, -0.05) is 36.4 Å². The summed E-state index contributed by atoms with van der Waals surface area (Å²) in [6.45, 7) is 7.40. The Kier molecular flexibility index (Phi) is 5.20. The number of benzene rings is 2. The van der Waals surface area contributed by atoms with Crippen LogP contribution in [0, 0.1) is 19.8 Å². The van der Waals surface area contributed by atoms with Crippen LogP contribution in [0.5, 0.6) is 0 Å². The van der Waals surface area contributed by atoms with Crippen LogP contribution in [0.3, 0.4) is 0 Å². The van der Waals surface area contributed by atoms with Crippen LogP contribution in [-0.4, -0.2) is 16.1 Å². The zero-order chi connectivity index (χ0) is 17.1. The first-order valence-electron chi connectivity index (χ1n) is 8.73. The Morgan fingerprint density at radius 2 is 1.75 bits per heavy atom. The molecule has 3 heteroatoms. The fourth-order valence-corrected chi connectivity index (χ4v) is 3.60. The maximum Gasteiger partial charge on any atom is 0.173 e. The maximum atomic E-state index is 5.78. The Morgan fingerprint density at radius 3 is 2.33 bits per heavy atom. The van der Waals surface area contributed by atoms with Crippen molar-refractivity contribution >= 4 is 23.0 Å². The van der Waals surface area contributed by atoms with Gasteiger partial charge in [-0.2, -0.15) is 0 Å². The molecule has 1 aliphatic carbocycles. The lowest BCUT2D eigenvalue weighted by Crippen LogP contribution is -2.41. The van der Waals surface area contributed by atoms with E-state index in [0.717, 1.165) is 23.3 Å². The Balaban J connectivity index is 1.77. The van der Waals surface area contributed by atoms with Crippen molar-refractivity contribution in [1.29, 1.82) is 0 Å². The van der Waals surface area contributed by atoms with Gasteiger partial charge in [-0.3, -0.25) is 0 Å². The van der Waals surface area contributed by atoms with Crippen LogP contribution in [-0.2, 0) is 6.54 Å². The lowest BCUT2D eigenvalue weighted by molar-refractivity contribution is 0.298. The van der Waals surface area contributed by atoms with Crippen LogP contribution in [0.4, 0.5) is 5.69 Å². The van der Waals surface area contributed by atoms with Crippen molar-refractivity contribution in [1.82, 2.24) is 4.90 Å². The van der Waals surface area contributed by atoms with Crippen LogP contribution in [0.15, 0.2) is 48.5 Å². The van der Waals surface area contributed by atoms with Crippen molar-refractivity contribution in [2.75, 3.05) is 5.32 Å². The minimum atomic E-state index is 0.469. The number of nitrogens with zero attached hydrogens (tertiary/aromatic N) is 1. The number of thiocarbonyl (C=S) groups is 1. The van der Waals surface area contributed by atoms with E-state index in [2.05, 4.69) is 79.5 Å². The predicted molar refractivity (Wildman–Crippen MR) is 106 cm³/mol. The van der Waals surface area contributed by atoms with E-state index in [1.54, 1.807) is 0 Å². The summed E-state index contributed by atoms with van der Waals surface area (Å²) >= 11 is 5.78. The minimum absolute atomic E-state index is 0.469. The number of nitrogens with one attached hydrogen (secondary N) is 1. The summed E-state index contributed by atoms with van der Waals surface area (Å²) in [5.74, 6) is 0.771. The summed E-state index contributed by atoms with van der Waals surface area (Å²) in [5.41, 5.74) is 4.89. The molecule has 0 bridgehead atoms. The van der Waals surface area contributed by atoms with E-state index in [9.17, 15) is 0 Å². The molecule has 0 aromatic heterocycles. The first-order chi connectivity index (χ1) is 11.5. The predicted octanol–water partition coefficient (Wildman–Crippen LogP) is 5.30. The van der Waals surface area contributed by atoms with Crippen LogP contribution < -0.4 is 5.32 Å². The molecule has 2 aromatic carbocycles. The quantitative estimate of drug-likeness (QED) is 0.745. The van der Waals surface area contributed by atoms with Gasteiger partial charge in [-0.05, 0) is 80.6 Å². The van der Waals surface area contributed by atoms with Crippen LogP contribution >= 0.6 is 12.2 Å². The summed E-state index contributed by atoms with van der Waals surface area (Å²) in [4.78, 5) is 2.35. The number of hydrogen-bond donors (Lipinski definition) is 1. The van der Waals surface area contributed by atoms with Gasteiger partial charge in [-0.15, -0.1) is 0 Å². The Labute approximate surface area is 150 Å². The minimum Gasteiger partial charge on any atom is -0.342 e. The smallest absolute Gasteiger partial charge is 0.173 e. The number of hydrogen-bond acceptors (Lipinski definition) is 1. The fraction of sp³-hybridized carbons (Fsp3) is 0.381. The number of aryl methyl sites for hydroxylation is 2. The first kappa shape index (κ1) is 17.0. The maximum absolute atomic E-state index is 5.78. The van der Waals surface area contributed by atoms with Gasteiger partial charge in [0.05, 0.1) is 0 Å². The second-order valence-corrected chi connectivity index (χ2v) is 7.38. The third kappa shape index (κ3) is 4.35. The van der Waals surface area contributed by atoms with Crippen molar-refractivity contribution in [3.05, 3.63) is 65.2 Å². The standard InChI is InChI=1S/C21H26N2S/c1-15-11-16(2)13-20(12-15)22-21(24)23(17(3)19-9-10-19)14-18-7-5-4-6-8-18/h4-8,11-13,17,19H,9-10,14H2,1-3H3,(H,22,24)/t17-/m0/s1. The molecule has 3 rings (SSSR count). The van der Waals surface area contributed by atoms with E-state index in [1.807, 2.05) is 0 Å². The van der Waals surface area contributed by atoms with Gasteiger partial charge >= 0.3 is 0 Å². The molecule has 126 valence electrons. The van der Waals surface area contributed by atoms with Gasteiger partial charge in [0, 0.05) is 18.3 Å². The molecular formula is C21H26N2S. The van der Waals surface area contributed by atoms with E-state index in [4.69, 9.17) is 12.2 Å². The third-order valence-corrected chi connectivity index (χ3v) is 5.06. The highest BCUT2D eigenvalue weighted by molar-refractivity contribution is 7.80. The highest BCUT2D eigenvalue weighted by Gasteiger charge is 2.33. The SMILES string of the molecule is Cc1cc(C)cc(NC(=S)N(Cc2ccccc2)[C@@H](C)C2CC2)c1. The molecule has 1 saturated carbocycles. The average molecular weight is 339 g/mol. The summed E-state index contributed by atoms with van der Waals surface area (Å²) in [6.07, 6.45) is 2.64. The fourth-order valence-electron chi connectivity index (χ4n) is 3.26. The molecule has 0 saturated heterocycles. The van der Waals surface area contributed by atoms with Gasteiger partial charge in [0.2, 0.25) is 0 Å². The zero-order valence-corrected chi connectivity index (χ0v) is 15.6. The lowest BCUT2D eigenvalue weighted by atomic mass is 10.1. The molecule has 0 amide bonds. The third-order valence-electron chi connectivity index (χ3n) is 4.73. The molecule has 2 aromatic rings. The zero-order valence-electron chi connectivity index (χ0n) is 14.8. The van der Waals surface area contributed by atoms with Crippen molar-refractivity contribution < 1.29 is 0 Å². The van der Waals surface area contributed by atoms with Gasteiger partial charge in [0.25, 0.3) is 0 Å². The second-order valence-electron chi connectivity index (χ2n) is 7.00. The molecule has 24 heavy (non-hydrogen) atoms. The molecule has 0 radical (unpaired) electrons. The van der Waals surface area contributed by atoms with E-state index in [0.29, 0.717) is 6.04 Å². The highest BCUT2D eigenvalue weighted by Crippen LogP contribution is 2.36. The Hall–Kier alpha value is -1.87. The van der Waals surface area contributed by atoms with Crippen LogP contribution in [0.25, 0.3) is 0 Å². The number of rotatable bonds is 5. The summed E-state index contributed by atoms with van der Waals surface area (Å²) in [5, 5.41) is 4.29. The molecular weight excluding hydrogens is 312 g/mol. The van der Waals surface area contributed by atoms with Crippen LogP contribution in [0.1, 0.15) is 36.5 Å². The van der Waals surface area contributed by atoms with Crippen LogP contribution in [0.2, 0.25) is 0 Å². The van der Waals surface area contributed by atoms with Crippen molar-refractivity contribution in [2.45, 2.75) is 46.2 Å². The van der Waals surface area contributed by atoms with Crippen molar-refractivity contribution in [3.63, 3.8) is 0 Å². The molecule has 1 aliphatic rings. The molecule has 0 heterocycles. The monoisotopic (exact) mass is 338 g/mol. The molecule has 1 atom stereocenters. The molecule has 1 fully saturated rings. The highest BCUT2D eigenvalue weighted by atomic mass is 32.1.